The van der Waals surface area contributed by atoms with Gasteiger partial charge >= 0.3 is 0 Å². The van der Waals surface area contributed by atoms with Crippen molar-refractivity contribution in [3.05, 3.63) is 65.2 Å². The van der Waals surface area contributed by atoms with E-state index < -0.39 is 0 Å². The number of nitrogens with one attached hydrogen (secondary N) is 2. The van der Waals surface area contributed by atoms with Crippen LogP contribution in [0.2, 0.25) is 0 Å². The van der Waals surface area contributed by atoms with Gasteiger partial charge < -0.3 is 10.6 Å². The molecule has 0 spiro atoms. The van der Waals surface area contributed by atoms with Crippen LogP contribution >= 0.6 is 0 Å². The largest absolute Gasteiger partial charge is 0.367 e. The third-order valence-electron chi connectivity index (χ3n) is 4.96. The monoisotopic (exact) mass is 418 g/mol. The summed E-state index contributed by atoms with van der Waals surface area (Å²) in [5.41, 5.74) is 4.39. The van der Waals surface area contributed by atoms with Crippen molar-refractivity contribution in [2.45, 2.75) is 20.8 Å². The van der Waals surface area contributed by atoms with E-state index in [-0.39, 0.29) is 5.91 Å². The molecular weight excluding hydrogens is 396 g/mol. The van der Waals surface area contributed by atoms with E-state index in [4.69, 9.17) is 0 Å². The van der Waals surface area contributed by atoms with Gasteiger partial charge in [-0.3, -0.25) is 4.79 Å². The van der Waals surface area contributed by atoms with Gasteiger partial charge in [-0.05, 0) is 67.1 Å². The molecule has 0 saturated carbocycles. The van der Waals surface area contributed by atoms with E-state index in [1.807, 2.05) is 39.0 Å². The summed E-state index contributed by atoms with van der Waals surface area (Å²) in [6.07, 6.45) is 1.48. The lowest BCUT2D eigenvalue weighted by Crippen LogP contribution is -2.29. The maximum absolute atomic E-state index is 12.4. The molecule has 11 nitrogen and oxygen atoms in total. The lowest BCUT2D eigenvalue weighted by Gasteiger charge is -2.09. The van der Waals surface area contributed by atoms with Crippen molar-refractivity contribution in [3.63, 3.8) is 0 Å². The predicted octanol–water partition coefficient (Wildman–Crippen LogP) is 1.41. The Balaban J connectivity index is 1.29. The molecule has 0 saturated heterocycles. The van der Waals surface area contributed by atoms with Gasteiger partial charge in [0.15, 0.2) is 5.82 Å². The molecule has 3 heterocycles. The number of tetrazole rings is 1. The normalized spacial score (nSPS) is 10.8. The van der Waals surface area contributed by atoms with Gasteiger partial charge in [0.1, 0.15) is 12.1 Å². The zero-order valence-corrected chi connectivity index (χ0v) is 17.4. The maximum atomic E-state index is 12.4. The molecule has 11 heteroatoms. The van der Waals surface area contributed by atoms with Crippen LogP contribution in [0.3, 0.4) is 0 Å². The molecule has 1 aromatic carbocycles. The molecule has 0 atom stereocenters. The Morgan fingerprint density at radius 1 is 1.06 bits per heavy atom. The Kier molecular flexibility index (Phi) is 5.65. The highest BCUT2D eigenvalue weighted by molar-refractivity contribution is 5.94. The van der Waals surface area contributed by atoms with Gasteiger partial charge in [-0.15, -0.1) is 15.3 Å². The van der Waals surface area contributed by atoms with Crippen LogP contribution in [0.4, 0.5) is 5.82 Å². The summed E-state index contributed by atoms with van der Waals surface area (Å²) in [6, 6.07) is 10.8. The highest BCUT2D eigenvalue weighted by Gasteiger charge is 2.11. The topological polar surface area (TPSA) is 128 Å². The summed E-state index contributed by atoms with van der Waals surface area (Å²) in [7, 11) is 0. The number of carbonyl (C=O) groups excluding carboxylic acids is 1. The van der Waals surface area contributed by atoms with Gasteiger partial charge in [-0.1, -0.05) is 6.07 Å². The van der Waals surface area contributed by atoms with Crippen molar-refractivity contribution in [1.82, 2.24) is 45.5 Å². The van der Waals surface area contributed by atoms with Gasteiger partial charge in [0.2, 0.25) is 0 Å². The van der Waals surface area contributed by atoms with E-state index >= 15 is 0 Å². The summed E-state index contributed by atoms with van der Waals surface area (Å²) in [6.45, 7) is 6.94. The summed E-state index contributed by atoms with van der Waals surface area (Å²) in [4.78, 5) is 12.4. The van der Waals surface area contributed by atoms with Crippen LogP contribution in [0.1, 0.15) is 27.3 Å². The second-order valence-corrected chi connectivity index (χ2v) is 6.97. The Hall–Kier alpha value is -4.15. The molecule has 4 aromatic rings. The number of carbonyl (C=O) groups is 1. The molecule has 0 aliphatic heterocycles. The van der Waals surface area contributed by atoms with E-state index in [0.29, 0.717) is 36.0 Å². The van der Waals surface area contributed by atoms with E-state index in [1.54, 1.807) is 22.9 Å². The first-order chi connectivity index (χ1) is 15.0. The molecule has 3 aromatic heterocycles. The highest BCUT2D eigenvalue weighted by atomic mass is 16.1. The second-order valence-electron chi connectivity index (χ2n) is 6.97. The Morgan fingerprint density at radius 2 is 1.94 bits per heavy atom. The van der Waals surface area contributed by atoms with E-state index in [0.717, 1.165) is 17.0 Å². The number of hydrogen-bond donors (Lipinski definition) is 2. The van der Waals surface area contributed by atoms with Gasteiger partial charge in [0, 0.05) is 24.3 Å². The fourth-order valence-corrected chi connectivity index (χ4v) is 3.01. The third kappa shape index (κ3) is 4.39. The highest BCUT2D eigenvalue weighted by Crippen LogP contribution is 2.15. The summed E-state index contributed by atoms with van der Waals surface area (Å²) in [5.74, 6) is 1.10. The number of hydrogen-bond acceptors (Lipinski definition) is 8. The van der Waals surface area contributed by atoms with Gasteiger partial charge in [0.25, 0.3) is 5.91 Å². The average molecular weight is 418 g/mol. The molecule has 2 N–H and O–H groups in total. The van der Waals surface area contributed by atoms with Gasteiger partial charge in [0.05, 0.1) is 11.4 Å². The minimum Gasteiger partial charge on any atom is -0.367 e. The van der Waals surface area contributed by atoms with Crippen molar-refractivity contribution in [2.24, 2.45) is 0 Å². The van der Waals surface area contributed by atoms with Crippen LogP contribution in [-0.2, 0) is 0 Å². The molecule has 1 amide bonds. The fraction of sp³-hybridized carbons (Fsp3) is 0.250. The van der Waals surface area contributed by atoms with E-state index in [1.165, 1.54) is 11.0 Å². The number of benzene rings is 1. The van der Waals surface area contributed by atoms with Crippen molar-refractivity contribution in [3.8, 4) is 11.5 Å². The SMILES string of the molecule is Cc1nn(-c2ccc(NCCNC(=O)c3cccc(-n4cnnn4)c3)nn2)c(C)c1C. The number of rotatable bonds is 7. The van der Waals surface area contributed by atoms with Crippen LogP contribution in [0.5, 0.6) is 0 Å². The van der Waals surface area contributed by atoms with Crippen LogP contribution < -0.4 is 10.6 Å². The molecule has 0 unspecified atom stereocenters. The van der Waals surface area contributed by atoms with Crippen molar-refractivity contribution in [2.75, 3.05) is 18.4 Å². The summed E-state index contributed by atoms with van der Waals surface area (Å²) >= 11 is 0. The van der Waals surface area contributed by atoms with Crippen LogP contribution in [-0.4, -0.2) is 59.2 Å². The lowest BCUT2D eigenvalue weighted by molar-refractivity contribution is 0.0955. The third-order valence-corrected chi connectivity index (χ3v) is 4.96. The number of anilines is 1. The molecule has 0 bridgehead atoms. The van der Waals surface area contributed by atoms with E-state index in [9.17, 15) is 4.79 Å². The Morgan fingerprint density at radius 3 is 2.61 bits per heavy atom. The van der Waals surface area contributed by atoms with Crippen LogP contribution in [0, 0.1) is 20.8 Å². The zero-order valence-electron chi connectivity index (χ0n) is 17.4. The average Bonchev–Trinajstić information content (AvgIpc) is 3.42. The fourth-order valence-electron chi connectivity index (χ4n) is 3.01. The maximum Gasteiger partial charge on any atom is 0.251 e. The Bertz CT molecular complexity index is 1180. The van der Waals surface area contributed by atoms with Gasteiger partial charge in [-0.25, -0.2) is 9.36 Å². The number of aromatic nitrogens is 8. The quantitative estimate of drug-likeness (QED) is 0.431. The van der Waals surface area contributed by atoms with Crippen LogP contribution in [0.25, 0.3) is 11.5 Å². The zero-order chi connectivity index (χ0) is 21.8. The molecule has 0 fully saturated rings. The molecule has 158 valence electrons. The van der Waals surface area contributed by atoms with Crippen molar-refractivity contribution in [1.29, 1.82) is 0 Å². The standard InChI is InChI=1S/C20H22N10O/c1-13-14(2)26-30(15(13)3)19-8-7-18(24-25-19)21-9-10-22-20(31)16-5-4-6-17(11-16)29-12-23-27-28-29/h4-8,11-12H,9-10H2,1-3H3,(H,21,24)(H,22,31). The number of aryl methyl sites for hydroxylation is 1. The van der Waals surface area contributed by atoms with Crippen molar-refractivity contribution >= 4 is 11.7 Å². The summed E-state index contributed by atoms with van der Waals surface area (Å²) < 4.78 is 3.28. The van der Waals surface area contributed by atoms with Crippen LogP contribution in [0.15, 0.2) is 42.7 Å². The first-order valence-electron chi connectivity index (χ1n) is 9.75. The van der Waals surface area contributed by atoms with Gasteiger partial charge in [-0.2, -0.15) is 5.10 Å². The molecule has 0 aliphatic carbocycles. The predicted molar refractivity (Wildman–Crippen MR) is 113 cm³/mol. The lowest BCUT2D eigenvalue weighted by atomic mass is 10.2. The minimum absolute atomic E-state index is 0.182. The number of nitrogens with zero attached hydrogens (tertiary/aromatic N) is 8. The second kappa shape index (κ2) is 8.69. The molecule has 0 aliphatic rings. The first-order valence-corrected chi connectivity index (χ1v) is 9.75. The van der Waals surface area contributed by atoms with Crippen molar-refractivity contribution < 1.29 is 4.79 Å². The van der Waals surface area contributed by atoms with E-state index in [2.05, 4.69) is 41.5 Å². The smallest absolute Gasteiger partial charge is 0.251 e. The first kappa shape index (κ1) is 20.1. The number of amides is 1. The molecule has 4 rings (SSSR count). The molecular formula is C20H22N10O. The molecule has 0 radical (unpaired) electrons. The minimum atomic E-state index is -0.182. The Labute approximate surface area is 178 Å². The molecule has 31 heavy (non-hydrogen) atoms. The summed E-state index contributed by atoms with van der Waals surface area (Å²) in [5, 5.41) is 30.0.